The number of nitrogens with two attached hydrogens (primary N) is 3. The molecule has 0 spiro atoms. The number of rotatable bonds is 7. The summed E-state index contributed by atoms with van der Waals surface area (Å²) in [6, 6.07) is 0. The standard InChI is InChI=1S/C8H18N2S2.C4H6I2.C2H7NS.CH3F.Na/c9-3-5-11-7-1-2-8(7)12-6-4-10;5-3-1-2-4(3)6;3-1-2-4;1-2;/h7-8H,1-6,9-10H2;3-4H,1-2H2;4H,1-3H2;1H3;/q;;;;+1/p-1/i;;;1D;. The fourth-order valence-corrected chi connectivity index (χ4v) is 5.77. The van der Waals surface area contributed by atoms with Crippen LogP contribution in [0.3, 0.4) is 0 Å². The Bertz CT molecular complexity index is 260. The average molecular weight is 648 g/mol. The van der Waals surface area contributed by atoms with E-state index in [0.717, 1.165) is 42.9 Å². The van der Waals surface area contributed by atoms with E-state index in [-0.39, 0.29) is 29.6 Å². The fourth-order valence-electron chi connectivity index (χ4n) is 1.68. The molecule has 2 fully saturated rings. The van der Waals surface area contributed by atoms with Crippen molar-refractivity contribution in [3.8, 4) is 0 Å². The summed E-state index contributed by atoms with van der Waals surface area (Å²) in [4.78, 5) is 0. The van der Waals surface area contributed by atoms with E-state index in [1.807, 2.05) is 23.5 Å². The first-order valence-electron chi connectivity index (χ1n) is 8.77. The van der Waals surface area contributed by atoms with Gasteiger partial charge in [0.15, 0.2) is 0 Å². The van der Waals surface area contributed by atoms with Gasteiger partial charge < -0.3 is 29.8 Å². The van der Waals surface area contributed by atoms with Crippen LogP contribution in [0.15, 0.2) is 0 Å². The van der Waals surface area contributed by atoms with E-state index in [1.54, 1.807) is 0 Å². The SMILES string of the molecule is IC1CCC1I.NCCSC1CCC1SCCN.NCC[S-].[2H]CF.[Na+]. The van der Waals surface area contributed by atoms with Crippen LogP contribution in [-0.4, -0.2) is 62.4 Å². The molecule has 2 aliphatic carbocycles. The molecule has 0 aliphatic heterocycles. The van der Waals surface area contributed by atoms with Crippen molar-refractivity contribution in [1.29, 1.82) is 0 Å². The first-order valence-corrected chi connectivity index (χ1v) is 13.2. The van der Waals surface area contributed by atoms with Crippen LogP contribution < -0.4 is 46.8 Å². The molecule has 10 heteroatoms. The van der Waals surface area contributed by atoms with Gasteiger partial charge in [-0.15, -0.1) is 0 Å². The number of hydrogen-bond acceptors (Lipinski definition) is 6. The predicted molar refractivity (Wildman–Crippen MR) is 133 cm³/mol. The molecule has 0 saturated heterocycles. The summed E-state index contributed by atoms with van der Waals surface area (Å²) in [5.41, 5.74) is 15.8. The Morgan fingerprint density at radius 3 is 1.40 bits per heavy atom. The molecule has 0 radical (unpaired) electrons. The number of thioether (sulfide) groups is 2. The van der Waals surface area contributed by atoms with Crippen LogP contribution in [0.25, 0.3) is 0 Å². The van der Waals surface area contributed by atoms with Crippen LogP contribution in [0.4, 0.5) is 4.39 Å². The van der Waals surface area contributed by atoms with Crippen LogP contribution in [0.5, 0.6) is 0 Å². The molecule has 0 aromatic heterocycles. The summed E-state index contributed by atoms with van der Waals surface area (Å²) < 4.78 is 17.5. The van der Waals surface area contributed by atoms with Crippen molar-refractivity contribution >= 4 is 81.3 Å². The fraction of sp³-hybridized carbons (Fsp3) is 1.00. The van der Waals surface area contributed by atoms with Crippen LogP contribution >= 0.6 is 68.7 Å². The van der Waals surface area contributed by atoms with Gasteiger partial charge in [0.1, 0.15) is 0 Å². The van der Waals surface area contributed by atoms with E-state index < -0.39 is 7.15 Å². The van der Waals surface area contributed by atoms with E-state index in [2.05, 4.69) is 57.8 Å². The second kappa shape index (κ2) is 25.4. The van der Waals surface area contributed by atoms with Crippen molar-refractivity contribution in [2.75, 3.05) is 44.0 Å². The van der Waals surface area contributed by atoms with Gasteiger partial charge in [0.05, 0.1) is 8.52 Å². The zero-order valence-electron chi connectivity index (χ0n) is 16.2. The zero-order chi connectivity index (χ0) is 19.5. The van der Waals surface area contributed by atoms with Crippen molar-refractivity contribution in [3.63, 3.8) is 0 Å². The third kappa shape index (κ3) is 19.1. The number of hydrogen-bond donors (Lipinski definition) is 3. The quantitative estimate of drug-likeness (QED) is 0.161. The molecule has 4 atom stereocenters. The van der Waals surface area contributed by atoms with E-state index in [0.29, 0.717) is 12.3 Å². The Hall–Kier alpha value is 3.32. The third-order valence-corrected chi connectivity index (χ3v) is 11.0. The minimum Gasteiger partial charge on any atom is -0.791 e. The van der Waals surface area contributed by atoms with Crippen molar-refractivity contribution in [3.05, 3.63) is 0 Å². The number of halogens is 3. The molecule has 4 unspecified atom stereocenters. The minimum absolute atomic E-state index is 0. The maximum Gasteiger partial charge on any atom is 1.00 e. The average Bonchev–Trinajstić information content (AvgIpc) is 2.61. The van der Waals surface area contributed by atoms with Gasteiger partial charge in [-0.05, 0) is 32.2 Å². The smallest absolute Gasteiger partial charge is 0.791 e. The normalized spacial score (nSPS) is 26.4. The van der Waals surface area contributed by atoms with Crippen molar-refractivity contribution in [2.45, 2.75) is 44.0 Å². The predicted octanol–water partition coefficient (Wildman–Crippen LogP) is 0.370. The van der Waals surface area contributed by atoms with Crippen molar-refractivity contribution in [1.82, 2.24) is 0 Å². The first kappa shape index (κ1) is 30.5. The Balaban J connectivity index is -0.000000318. The van der Waals surface area contributed by atoms with Gasteiger partial charge in [-0.25, -0.2) is 0 Å². The summed E-state index contributed by atoms with van der Waals surface area (Å²) in [5, 5.41) is 1.73. The van der Waals surface area contributed by atoms with Gasteiger partial charge >= 0.3 is 29.6 Å². The van der Waals surface area contributed by atoms with Crippen LogP contribution in [0.2, 0.25) is 0 Å². The third-order valence-electron chi connectivity index (χ3n) is 3.28. The summed E-state index contributed by atoms with van der Waals surface area (Å²) in [5.74, 6) is 2.91. The molecule has 3 nitrogen and oxygen atoms in total. The minimum atomic E-state index is -1.00. The molecule has 0 bridgehead atoms. The van der Waals surface area contributed by atoms with Gasteiger partial charge in [0, 0.05) is 42.9 Å². The summed E-state index contributed by atoms with van der Waals surface area (Å²) in [6.07, 6.45) is 5.67. The van der Waals surface area contributed by atoms with Crippen molar-refractivity contribution < 1.29 is 35.3 Å². The Labute approximate surface area is 219 Å². The van der Waals surface area contributed by atoms with Gasteiger partial charge in [-0.2, -0.15) is 29.3 Å². The second-order valence-corrected chi connectivity index (χ2v) is 11.4. The topological polar surface area (TPSA) is 78.1 Å². The van der Waals surface area contributed by atoms with Crippen LogP contribution in [0.1, 0.15) is 27.1 Å². The maximum absolute atomic E-state index is 9.96. The zero-order valence-corrected chi connectivity index (χ0v) is 23.9. The Morgan fingerprint density at radius 1 is 0.960 bits per heavy atom. The first-order chi connectivity index (χ1) is 12.0. The van der Waals surface area contributed by atoms with Crippen molar-refractivity contribution in [2.24, 2.45) is 17.2 Å². The number of alkyl halides is 3. The molecule has 6 N–H and O–H groups in total. The maximum atomic E-state index is 9.96. The largest absolute Gasteiger partial charge is 1.00 e. The van der Waals surface area contributed by atoms with Gasteiger partial charge in [-0.3, -0.25) is 4.39 Å². The molecule has 2 aliphatic rings. The van der Waals surface area contributed by atoms with Gasteiger partial charge in [-0.1, -0.05) is 45.2 Å². The van der Waals surface area contributed by atoms with E-state index >= 15 is 0 Å². The molecule has 0 heterocycles. The van der Waals surface area contributed by atoms with E-state index in [4.69, 9.17) is 18.6 Å². The van der Waals surface area contributed by atoms with Gasteiger partial charge in [0.2, 0.25) is 0 Å². The molecule has 148 valence electrons. The molecule has 25 heavy (non-hydrogen) atoms. The Morgan fingerprint density at radius 2 is 1.28 bits per heavy atom. The molecule has 0 aromatic carbocycles. The van der Waals surface area contributed by atoms with E-state index in [9.17, 15) is 4.39 Å². The summed E-state index contributed by atoms with van der Waals surface area (Å²) in [6.45, 7) is 2.26. The van der Waals surface area contributed by atoms with Gasteiger partial charge in [0.25, 0.3) is 0 Å². The Kier molecular flexibility index (Phi) is 30.9. The van der Waals surface area contributed by atoms with Crippen LogP contribution in [-0.2, 0) is 12.6 Å². The summed E-state index contributed by atoms with van der Waals surface area (Å²) >= 11 is 13.5. The second-order valence-electron chi connectivity index (χ2n) is 5.08. The molecule has 0 aromatic rings. The monoisotopic (exact) mass is 648 g/mol. The molecule has 0 amide bonds. The molecule has 2 rings (SSSR count). The summed E-state index contributed by atoms with van der Waals surface area (Å²) in [7, 11) is -1.00. The molecular formula is C15H33FI2N3NaS3. The van der Waals surface area contributed by atoms with Crippen LogP contribution in [0, 0.1) is 0 Å². The van der Waals surface area contributed by atoms with E-state index in [1.165, 1.54) is 25.7 Å². The molecule has 2 saturated carbocycles. The molecular weight excluding hydrogens is 614 g/mol.